The van der Waals surface area contributed by atoms with Crippen molar-refractivity contribution in [2.24, 2.45) is 0 Å². The molecular weight excluding hydrogens is 326 g/mol. The lowest BCUT2D eigenvalue weighted by Crippen LogP contribution is -2.27. The van der Waals surface area contributed by atoms with Gasteiger partial charge in [0.25, 0.3) is 0 Å². The fourth-order valence-corrected chi connectivity index (χ4v) is 1.68. The van der Waals surface area contributed by atoms with Gasteiger partial charge in [-0.2, -0.15) is 26.3 Å². The summed E-state index contributed by atoms with van der Waals surface area (Å²) in [7, 11) is 0. The first-order valence-corrected chi connectivity index (χ1v) is 6.33. The molecular formula is C15H14F6O2. The Morgan fingerprint density at radius 3 is 1.57 bits per heavy atom. The number of hydrogen-bond donors (Lipinski definition) is 0. The Morgan fingerprint density at radius 1 is 0.913 bits per heavy atom. The molecule has 0 radical (unpaired) electrons. The van der Waals surface area contributed by atoms with Gasteiger partial charge in [-0.25, -0.2) is 4.79 Å². The van der Waals surface area contributed by atoms with E-state index in [2.05, 4.69) is 6.58 Å². The second-order valence-electron chi connectivity index (χ2n) is 5.47. The fourth-order valence-electron chi connectivity index (χ4n) is 1.68. The molecule has 0 N–H and O–H groups in total. The minimum atomic E-state index is -4.97. The first-order chi connectivity index (χ1) is 10.1. The molecule has 1 aromatic rings. The van der Waals surface area contributed by atoms with Crippen LogP contribution in [-0.4, -0.2) is 5.97 Å². The summed E-state index contributed by atoms with van der Waals surface area (Å²) in [6.45, 7) is 7.02. The molecule has 23 heavy (non-hydrogen) atoms. The number of halogens is 6. The highest BCUT2D eigenvalue weighted by molar-refractivity contribution is 5.87. The molecule has 1 rings (SSSR count). The Labute approximate surface area is 128 Å². The fraction of sp³-hybridized carbons (Fsp3) is 0.400. The molecule has 0 aliphatic heterocycles. The summed E-state index contributed by atoms with van der Waals surface area (Å²) in [5.74, 6) is -0.916. The van der Waals surface area contributed by atoms with Crippen molar-refractivity contribution in [1.82, 2.24) is 0 Å². The molecule has 1 aromatic carbocycles. The number of hydrogen-bond acceptors (Lipinski definition) is 2. The molecule has 0 bridgehead atoms. The third-order valence-corrected chi connectivity index (χ3v) is 2.98. The number of carbonyl (C=O) groups is 1. The smallest absolute Gasteiger partial charge is 0.416 e. The molecule has 0 aromatic heterocycles. The summed E-state index contributed by atoms with van der Waals surface area (Å²) in [5.41, 5.74) is -5.09. The van der Waals surface area contributed by atoms with Gasteiger partial charge in [0.2, 0.25) is 0 Å². The van der Waals surface area contributed by atoms with Gasteiger partial charge in [0.05, 0.1) is 11.1 Å². The number of benzene rings is 1. The maximum Gasteiger partial charge on any atom is 0.416 e. The standard InChI is InChI=1S/C15H14F6O2/c1-8(2)12(22)23-13(3,4)9-5-10(14(16,17)18)7-11(6-9)15(19,20)21/h5-7H,1H2,2-4H3. The zero-order valence-electron chi connectivity index (χ0n) is 12.5. The van der Waals surface area contributed by atoms with E-state index in [0.29, 0.717) is 12.1 Å². The lowest BCUT2D eigenvalue weighted by atomic mass is 9.93. The van der Waals surface area contributed by atoms with Crippen LogP contribution in [0.15, 0.2) is 30.4 Å². The summed E-state index contributed by atoms with van der Waals surface area (Å²) < 4.78 is 81.9. The number of alkyl halides is 6. The Kier molecular flexibility index (Phi) is 4.89. The van der Waals surface area contributed by atoms with Crippen molar-refractivity contribution in [3.8, 4) is 0 Å². The van der Waals surface area contributed by atoms with Crippen LogP contribution < -0.4 is 0 Å². The van der Waals surface area contributed by atoms with Crippen molar-refractivity contribution in [3.63, 3.8) is 0 Å². The van der Waals surface area contributed by atoms with Crippen LogP contribution in [0.3, 0.4) is 0 Å². The highest BCUT2D eigenvalue weighted by atomic mass is 19.4. The van der Waals surface area contributed by atoms with Crippen molar-refractivity contribution >= 4 is 5.97 Å². The molecule has 0 unspecified atom stereocenters. The van der Waals surface area contributed by atoms with E-state index in [1.165, 1.54) is 20.8 Å². The second kappa shape index (κ2) is 5.90. The van der Waals surface area contributed by atoms with Crippen LogP contribution in [0.2, 0.25) is 0 Å². The van der Waals surface area contributed by atoms with Gasteiger partial charge in [0, 0.05) is 5.57 Å². The van der Waals surface area contributed by atoms with E-state index in [1.54, 1.807) is 0 Å². The minimum absolute atomic E-state index is 0.0140. The monoisotopic (exact) mass is 340 g/mol. The second-order valence-corrected chi connectivity index (χ2v) is 5.47. The molecule has 0 spiro atoms. The van der Waals surface area contributed by atoms with Gasteiger partial charge >= 0.3 is 18.3 Å². The topological polar surface area (TPSA) is 26.3 Å². The van der Waals surface area contributed by atoms with E-state index in [9.17, 15) is 31.1 Å². The van der Waals surface area contributed by atoms with Gasteiger partial charge in [-0.05, 0) is 44.5 Å². The van der Waals surface area contributed by atoms with Gasteiger partial charge in [-0.3, -0.25) is 0 Å². The number of ether oxygens (including phenoxy) is 1. The van der Waals surface area contributed by atoms with Crippen molar-refractivity contribution in [3.05, 3.63) is 47.0 Å². The molecule has 0 atom stereocenters. The largest absolute Gasteiger partial charge is 0.451 e. The lowest BCUT2D eigenvalue weighted by Gasteiger charge is -2.27. The van der Waals surface area contributed by atoms with Crippen LogP contribution in [0.25, 0.3) is 0 Å². The lowest BCUT2D eigenvalue weighted by molar-refractivity contribution is -0.152. The van der Waals surface area contributed by atoms with Gasteiger partial charge < -0.3 is 4.74 Å². The minimum Gasteiger partial charge on any atom is -0.451 e. The molecule has 0 saturated heterocycles. The highest BCUT2D eigenvalue weighted by Gasteiger charge is 2.39. The van der Waals surface area contributed by atoms with Crippen molar-refractivity contribution in [2.75, 3.05) is 0 Å². The third-order valence-electron chi connectivity index (χ3n) is 2.98. The molecule has 0 aliphatic carbocycles. The van der Waals surface area contributed by atoms with Crippen LogP contribution in [0.1, 0.15) is 37.5 Å². The third kappa shape index (κ3) is 4.74. The van der Waals surface area contributed by atoms with E-state index in [-0.39, 0.29) is 11.6 Å². The summed E-state index contributed by atoms with van der Waals surface area (Å²) in [6.07, 6.45) is -9.94. The number of carbonyl (C=O) groups excluding carboxylic acids is 1. The van der Waals surface area contributed by atoms with Crippen LogP contribution in [0.5, 0.6) is 0 Å². The van der Waals surface area contributed by atoms with E-state index in [0.717, 1.165) is 0 Å². The normalized spacial score (nSPS) is 12.9. The van der Waals surface area contributed by atoms with Crippen LogP contribution in [-0.2, 0) is 27.5 Å². The quantitative estimate of drug-likeness (QED) is 0.436. The summed E-state index contributed by atoms with van der Waals surface area (Å²) >= 11 is 0. The van der Waals surface area contributed by atoms with Gasteiger partial charge in [-0.1, -0.05) is 6.58 Å². The van der Waals surface area contributed by atoms with Crippen molar-refractivity contribution < 1.29 is 35.9 Å². The van der Waals surface area contributed by atoms with E-state index in [4.69, 9.17) is 4.74 Å². The molecule has 2 nitrogen and oxygen atoms in total. The average Bonchev–Trinajstić information content (AvgIpc) is 2.35. The zero-order valence-corrected chi connectivity index (χ0v) is 12.5. The molecule has 128 valence electrons. The maximum absolute atomic E-state index is 12.8. The van der Waals surface area contributed by atoms with Gasteiger partial charge in [-0.15, -0.1) is 0 Å². The molecule has 0 aliphatic rings. The predicted octanol–water partition coefficient (Wildman–Crippen LogP) is 5.08. The molecule has 0 amide bonds. The molecule has 0 heterocycles. The predicted molar refractivity (Wildman–Crippen MR) is 70.4 cm³/mol. The molecule has 0 fully saturated rings. The zero-order chi connectivity index (χ0) is 18.2. The Hall–Kier alpha value is -1.99. The SMILES string of the molecule is C=C(C)C(=O)OC(C)(C)c1cc(C(F)(F)F)cc(C(F)(F)F)c1. The van der Waals surface area contributed by atoms with Gasteiger partial charge in [0.15, 0.2) is 0 Å². The van der Waals surface area contributed by atoms with E-state index < -0.39 is 40.6 Å². The summed E-state index contributed by atoms with van der Waals surface area (Å²) in [5, 5.41) is 0. The molecule has 0 saturated carbocycles. The summed E-state index contributed by atoms with van der Waals surface area (Å²) in [4.78, 5) is 11.5. The van der Waals surface area contributed by atoms with Crippen molar-refractivity contribution in [2.45, 2.75) is 38.7 Å². The average molecular weight is 340 g/mol. The number of rotatable bonds is 3. The maximum atomic E-state index is 12.8. The highest BCUT2D eigenvalue weighted by Crippen LogP contribution is 2.39. The number of esters is 1. The van der Waals surface area contributed by atoms with E-state index >= 15 is 0 Å². The first-order valence-electron chi connectivity index (χ1n) is 6.33. The van der Waals surface area contributed by atoms with Gasteiger partial charge in [0.1, 0.15) is 5.60 Å². The summed E-state index contributed by atoms with van der Waals surface area (Å²) in [6, 6.07) is 1.07. The van der Waals surface area contributed by atoms with E-state index in [1.807, 2.05) is 0 Å². The Balaban J connectivity index is 3.45. The molecule has 8 heteroatoms. The first kappa shape index (κ1) is 19.1. The van der Waals surface area contributed by atoms with Crippen LogP contribution >= 0.6 is 0 Å². The van der Waals surface area contributed by atoms with Crippen LogP contribution in [0, 0.1) is 0 Å². The Morgan fingerprint density at radius 2 is 1.26 bits per heavy atom. The van der Waals surface area contributed by atoms with Crippen molar-refractivity contribution in [1.29, 1.82) is 0 Å². The Bertz CT molecular complexity index is 594. The van der Waals surface area contributed by atoms with Crippen LogP contribution in [0.4, 0.5) is 26.3 Å².